The number of benzene rings is 1. The van der Waals surface area contributed by atoms with Crippen molar-refractivity contribution in [2.24, 2.45) is 0 Å². The smallest absolute Gasteiger partial charge is 0.408 e. The Bertz CT molecular complexity index is 724. The lowest BCUT2D eigenvalue weighted by Gasteiger charge is -2.22. The first-order valence-electron chi connectivity index (χ1n) is 13.9. The summed E-state index contributed by atoms with van der Waals surface area (Å²) in [7, 11) is 0. The summed E-state index contributed by atoms with van der Waals surface area (Å²) in [6.07, 6.45) is 13.2. The van der Waals surface area contributed by atoms with Crippen LogP contribution >= 0.6 is 0 Å². The average Bonchev–Trinajstić information content (AvgIpc) is 2.87. The molecule has 0 heterocycles. The van der Waals surface area contributed by atoms with Crippen LogP contribution in [0.2, 0.25) is 0 Å². The molecule has 2 atom stereocenters. The Morgan fingerprint density at radius 1 is 0.806 bits per heavy atom. The van der Waals surface area contributed by atoms with Gasteiger partial charge in [-0.25, -0.2) is 9.59 Å². The molecular formula is C29H47NO6. The molecule has 0 saturated carbocycles. The number of esters is 1. The summed E-state index contributed by atoms with van der Waals surface area (Å²) in [5.74, 6) is -1.63. The molecule has 0 fully saturated rings. The van der Waals surface area contributed by atoms with E-state index in [9.17, 15) is 14.4 Å². The first-order chi connectivity index (χ1) is 17.5. The summed E-state index contributed by atoms with van der Waals surface area (Å²) in [4.78, 5) is 36.3. The van der Waals surface area contributed by atoms with Gasteiger partial charge < -0.3 is 19.9 Å². The molecule has 0 spiro atoms. The number of rotatable bonds is 21. The average molecular weight is 506 g/mol. The van der Waals surface area contributed by atoms with Crippen LogP contribution in [0.25, 0.3) is 0 Å². The second-order valence-electron chi connectivity index (χ2n) is 9.51. The van der Waals surface area contributed by atoms with E-state index in [1.165, 1.54) is 44.9 Å². The lowest BCUT2D eigenvalue weighted by atomic mass is 10.0. The Balaban J connectivity index is 2.53. The van der Waals surface area contributed by atoms with Crippen LogP contribution in [0.1, 0.15) is 116 Å². The van der Waals surface area contributed by atoms with E-state index in [-0.39, 0.29) is 25.6 Å². The van der Waals surface area contributed by atoms with Crippen molar-refractivity contribution in [2.75, 3.05) is 0 Å². The molecule has 0 saturated heterocycles. The van der Waals surface area contributed by atoms with E-state index >= 15 is 0 Å². The minimum absolute atomic E-state index is 0.0485. The second kappa shape index (κ2) is 20.6. The van der Waals surface area contributed by atoms with Crippen molar-refractivity contribution in [3.63, 3.8) is 0 Å². The number of hydrogen-bond donors (Lipinski definition) is 2. The summed E-state index contributed by atoms with van der Waals surface area (Å²) in [5, 5.41) is 11.6. The van der Waals surface area contributed by atoms with Crippen molar-refractivity contribution in [3.05, 3.63) is 35.9 Å². The van der Waals surface area contributed by atoms with E-state index in [0.717, 1.165) is 44.1 Å². The standard InChI is InChI=1S/C29H47NO6/c1-3-5-7-8-9-10-11-12-16-20-25(19-6-4-2)36-28(33)26(21-22-27(31)32)30-29(34)35-23-24-17-14-13-15-18-24/h13-15,17-18,25-26H,3-12,16,19-23H2,1-2H3,(H,30,34)(H,31,32)/t25?,26-/m0/s1. The fourth-order valence-corrected chi connectivity index (χ4v) is 4.05. The van der Waals surface area contributed by atoms with E-state index in [1.54, 1.807) is 0 Å². The van der Waals surface area contributed by atoms with Gasteiger partial charge in [0.2, 0.25) is 0 Å². The third kappa shape index (κ3) is 16.2. The van der Waals surface area contributed by atoms with Gasteiger partial charge in [0.25, 0.3) is 0 Å². The number of unbranched alkanes of at least 4 members (excludes halogenated alkanes) is 9. The molecule has 1 amide bonds. The van der Waals surface area contributed by atoms with E-state index in [2.05, 4.69) is 19.2 Å². The zero-order valence-electron chi connectivity index (χ0n) is 22.3. The maximum Gasteiger partial charge on any atom is 0.408 e. The fraction of sp³-hybridized carbons (Fsp3) is 0.690. The van der Waals surface area contributed by atoms with Crippen molar-refractivity contribution in [1.29, 1.82) is 0 Å². The molecule has 1 aromatic carbocycles. The molecule has 36 heavy (non-hydrogen) atoms. The summed E-state index contributed by atoms with van der Waals surface area (Å²) < 4.78 is 11.0. The van der Waals surface area contributed by atoms with Crippen LogP contribution in [0.4, 0.5) is 4.79 Å². The van der Waals surface area contributed by atoms with Gasteiger partial charge in [-0.2, -0.15) is 0 Å². The number of alkyl carbamates (subject to hydrolysis) is 1. The molecule has 7 nitrogen and oxygen atoms in total. The molecule has 1 aromatic rings. The number of amides is 1. The quantitative estimate of drug-likeness (QED) is 0.136. The van der Waals surface area contributed by atoms with Crippen molar-refractivity contribution in [1.82, 2.24) is 5.32 Å². The predicted octanol–water partition coefficient (Wildman–Crippen LogP) is 7.17. The van der Waals surface area contributed by atoms with E-state index in [4.69, 9.17) is 14.6 Å². The van der Waals surface area contributed by atoms with E-state index in [1.807, 2.05) is 30.3 Å². The molecular weight excluding hydrogens is 458 g/mol. The van der Waals surface area contributed by atoms with Crippen LogP contribution in [-0.2, 0) is 25.7 Å². The van der Waals surface area contributed by atoms with Gasteiger partial charge in [0.1, 0.15) is 18.8 Å². The van der Waals surface area contributed by atoms with E-state index < -0.39 is 24.1 Å². The number of carboxylic acid groups (broad SMARTS) is 1. The Kier molecular flexibility index (Phi) is 18.0. The number of nitrogens with one attached hydrogen (secondary N) is 1. The van der Waals surface area contributed by atoms with Crippen molar-refractivity contribution < 1.29 is 29.0 Å². The summed E-state index contributed by atoms with van der Waals surface area (Å²) in [5.41, 5.74) is 0.818. The van der Waals surface area contributed by atoms with Crippen molar-refractivity contribution in [2.45, 2.75) is 129 Å². The highest BCUT2D eigenvalue weighted by Crippen LogP contribution is 2.17. The highest BCUT2D eigenvalue weighted by molar-refractivity contribution is 5.82. The highest BCUT2D eigenvalue weighted by Gasteiger charge is 2.26. The van der Waals surface area contributed by atoms with Gasteiger partial charge in [-0.05, 0) is 31.2 Å². The molecule has 0 aliphatic heterocycles. The molecule has 0 aliphatic rings. The lowest BCUT2D eigenvalue weighted by Crippen LogP contribution is -2.43. The molecule has 0 aliphatic carbocycles. The zero-order chi connectivity index (χ0) is 26.4. The summed E-state index contributed by atoms with van der Waals surface area (Å²) >= 11 is 0. The Labute approximate surface area is 217 Å². The first-order valence-corrected chi connectivity index (χ1v) is 13.9. The van der Waals surface area contributed by atoms with Gasteiger partial charge in [-0.3, -0.25) is 4.79 Å². The minimum Gasteiger partial charge on any atom is -0.481 e. The summed E-state index contributed by atoms with van der Waals surface area (Å²) in [6, 6.07) is 8.14. The number of hydrogen-bond acceptors (Lipinski definition) is 5. The molecule has 7 heteroatoms. The normalized spacial score (nSPS) is 12.5. The second-order valence-corrected chi connectivity index (χ2v) is 9.51. The van der Waals surface area contributed by atoms with Crippen molar-refractivity contribution in [3.8, 4) is 0 Å². The number of carbonyl (C=O) groups is 3. The van der Waals surface area contributed by atoms with Crippen LogP contribution in [0.3, 0.4) is 0 Å². The molecule has 2 N–H and O–H groups in total. The van der Waals surface area contributed by atoms with Gasteiger partial charge in [0, 0.05) is 6.42 Å². The topological polar surface area (TPSA) is 102 Å². The predicted molar refractivity (Wildman–Crippen MR) is 142 cm³/mol. The van der Waals surface area contributed by atoms with Gasteiger partial charge in [0.05, 0.1) is 0 Å². The van der Waals surface area contributed by atoms with Gasteiger partial charge in [-0.1, -0.05) is 108 Å². The third-order valence-electron chi connectivity index (χ3n) is 6.23. The van der Waals surface area contributed by atoms with Gasteiger partial charge in [-0.15, -0.1) is 0 Å². The van der Waals surface area contributed by atoms with E-state index in [0.29, 0.717) is 0 Å². The molecule has 0 bridgehead atoms. The maximum atomic E-state index is 12.9. The van der Waals surface area contributed by atoms with Crippen LogP contribution in [0.5, 0.6) is 0 Å². The Hall–Kier alpha value is -2.57. The lowest BCUT2D eigenvalue weighted by molar-refractivity contribution is -0.152. The highest BCUT2D eigenvalue weighted by atomic mass is 16.6. The molecule has 204 valence electrons. The first kappa shape index (κ1) is 31.5. The monoisotopic (exact) mass is 505 g/mol. The zero-order valence-corrected chi connectivity index (χ0v) is 22.3. The molecule has 0 aromatic heterocycles. The van der Waals surface area contributed by atoms with Crippen LogP contribution in [-0.4, -0.2) is 35.3 Å². The SMILES string of the molecule is CCCCCCCCCCCC(CCCC)OC(=O)[C@H](CCC(=O)O)NC(=O)OCc1ccccc1. The Morgan fingerprint density at radius 3 is 2.00 bits per heavy atom. The Morgan fingerprint density at radius 2 is 1.39 bits per heavy atom. The largest absolute Gasteiger partial charge is 0.481 e. The number of ether oxygens (including phenoxy) is 2. The van der Waals surface area contributed by atoms with Gasteiger partial charge in [0.15, 0.2) is 0 Å². The number of aliphatic carboxylic acids is 1. The fourth-order valence-electron chi connectivity index (χ4n) is 4.05. The van der Waals surface area contributed by atoms with Crippen LogP contribution in [0, 0.1) is 0 Å². The number of carbonyl (C=O) groups excluding carboxylic acids is 2. The summed E-state index contributed by atoms with van der Waals surface area (Å²) in [6.45, 7) is 4.38. The van der Waals surface area contributed by atoms with Crippen molar-refractivity contribution >= 4 is 18.0 Å². The molecule has 0 radical (unpaired) electrons. The minimum atomic E-state index is -1.06. The third-order valence-corrected chi connectivity index (χ3v) is 6.23. The molecule has 1 rings (SSSR count). The maximum absolute atomic E-state index is 12.9. The molecule has 1 unspecified atom stereocenters. The van der Waals surface area contributed by atoms with Crippen LogP contribution < -0.4 is 5.32 Å². The van der Waals surface area contributed by atoms with Gasteiger partial charge >= 0.3 is 18.0 Å². The number of carboxylic acids is 1. The van der Waals surface area contributed by atoms with Crippen LogP contribution in [0.15, 0.2) is 30.3 Å².